The maximum atomic E-state index is 12.5. The molecule has 0 fully saturated rings. The number of nitrogens with zero attached hydrogens (tertiary/aromatic N) is 6. The molecule has 0 amide bonds. The molecule has 0 saturated heterocycles. The molecule has 0 aliphatic carbocycles. The molecule has 26 heavy (non-hydrogen) atoms. The highest BCUT2D eigenvalue weighted by Crippen LogP contribution is 2.05. The highest BCUT2D eigenvalue weighted by molar-refractivity contribution is 5.09. The second-order valence-electron chi connectivity index (χ2n) is 4.95. The minimum absolute atomic E-state index is 0.353. The zero-order chi connectivity index (χ0) is 18.2. The fourth-order valence-corrected chi connectivity index (χ4v) is 1.88. The van der Waals surface area contributed by atoms with E-state index < -0.39 is 0 Å². The fraction of sp³-hybridized carbons (Fsp3) is 0.125. The van der Waals surface area contributed by atoms with Crippen LogP contribution in [-0.4, -0.2) is 30.4 Å². The number of pyridine rings is 2. The van der Waals surface area contributed by atoms with Crippen molar-refractivity contribution in [2.75, 3.05) is 0 Å². The van der Waals surface area contributed by atoms with Gasteiger partial charge in [0.15, 0.2) is 0 Å². The quantitative estimate of drug-likeness (QED) is 0.548. The van der Waals surface area contributed by atoms with Crippen molar-refractivity contribution in [3.05, 3.63) is 84.3 Å². The van der Waals surface area contributed by atoms with E-state index in [1.54, 1.807) is 12.1 Å². The Kier molecular flexibility index (Phi) is 5.65. The van der Waals surface area contributed by atoms with Crippen LogP contribution in [0, 0.1) is 11.6 Å². The van der Waals surface area contributed by atoms with Gasteiger partial charge in [-0.3, -0.25) is 9.97 Å². The minimum Gasteiger partial charge on any atom is -0.428 e. The number of hydrogen-bond acceptors (Lipinski definition) is 8. The Hall–Kier alpha value is -3.56. The average molecular weight is 358 g/mol. The van der Waals surface area contributed by atoms with Gasteiger partial charge in [-0.2, -0.15) is 0 Å². The van der Waals surface area contributed by atoms with Gasteiger partial charge in [0.25, 0.3) is 0 Å². The van der Waals surface area contributed by atoms with Gasteiger partial charge in [0.2, 0.25) is 24.6 Å². The summed E-state index contributed by atoms with van der Waals surface area (Å²) < 4.78 is 34.7. The Morgan fingerprint density at radius 2 is 1.15 bits per heavy atom. The van der Waals surface area contributed by atoms with Crippen LogP contribution in [0.2, 0.25) is 0 Å². The van der Waals surface area contributed by atoms with Crippen LogP contribution in [0.4, 0.5) is 8.78 Å². The molecular formula is C16H12F2N6O2. The molecule has 4 heterocycles. The summed E-state index contributed by atoms with van der Waals surface area (Å²) in [5.41, 5.74) is 1.40. The van der Waals surface area contributed by atoms with Crippen molar-refractivity contribution in [1.82, 2.24) is 30.4 Å². The molecule has 0 unspecified atom stereocenters. The molecule has 0 saturated carbocycles. The topological polar surface area (TPSA) is 104 Å². The van der Waals surface area contributed by atoms with E-state index in [2.05, 4.69) is 30.4 Å². The Labute approximate surface area is 146 Å². The Morgan fingerprint density at radius 3 is 1.46 bits per heavy atom. The van der Waals surface area contributed by atoms with E-state index in [-0.39, 0.29) is 11.6 Å². The van der Waals surface area contributed by atoms with Crippen LogP contribution in [0.3, 0.4) is 0 Å². The van der Waals surface area contributed by atoms with Crippen molar-refractivity contribution < 1.29 is 17.6 Å². The standard InChI is InChI=1S/2C8H6FN3O/c2*9-6-1-2-7(10-4-6)3-8-12-11-5-13-8/h2*1-2,4-5H,3H2. The average Bonchev–Trinajstić information content (AvgIpc) is 3.34. The molecule has 0 atom stereocenters. The zero-order valence-electron chi connectivity index (χ0n) is 13.3. The number of aromatic nitrogens is 6. The van der Waals surface area contributed by atoms with Gasteiger partial charge in [-0.15, -0.1) is 20.4 Å². The molecule has 4 rings (SSSR count). The Bertz CT molecular complexity index is 819. The molecular weight excluding hydrogens is 346 g/mol. The first-order valence-electron chi connectivity index (χ1n) is 7.40. The number of rotatable bonds is 4. The fourth-order valence-electron chi connectivity index (χ4n) is 1.88. The lowest BCUT2D eigenvalue weighted by molar-refractivity contribution is 0.502. The Morgan fingerprint density at radius 1 is 0.692 bits per heavy atom. The van der Waals surface area contributed by atoms with E-state index >= 15 is 0 Å². The largest absolute Gasteiger partial charge is 0.428 e. The summed E-state index contributed by atoms with van der Waals surface area (Å²) in [6.07, 6.45) is 5.68. The number of hydrogen-bond donors (Lipinski definition) is 0. The van der Waals surface area contributed by atoms with Gasteiger partial charge in [0.1, 0.15) is 11.6 Å². The van der Waals surface area contributed by atoms with E-state index in [1.807, 2.05) is 0 Å². The molecule has 0 N–H and O–H groups in total. The van der Waals surface area contributed by atoms with Gasteiger partial charge in [0.05, 0.1) is 25.2 Å². The smallest absolute Gasteiger partial charge is 0.222 e. The van der Waals surface area contributed by atoms with Crippen molar-refractivity contribution >= 4 is 0 Å². The Balaban J connectivity index is 0.000000151. The third-order valence-electron chi connectivity index (χ3n) is 3.05. The van der Waals surface area contributed by atoms with Crippen LogP contribution in [0.15, 0.2) is 58.3 Å². The maximum absolute atomic E-state index is 12.5. The molecule has 10 heteroatoms. The number of halogens is 2. The molecule has 0 spiro atoms. The van der Waals surface area contributed by atoms with Crippen LogP contribution in [0.5, 0.6) is 0 Å². The van der Waals surface area contributed by atoms with E-state index in [9.17, 15) is 8.78 Å². The maximum Gasteiger partial charge on any atom is 0.222 e. The first-order chi connectivity index (χ1) is 12.7. The SMILES string of the molecule is Fc1ccc(Cc2nnco2)nc1.Fc1ccc(Cc2nnco2)nc1. The van der Waals surface area contributed by atoms with Gasteiger partial charge in [-0.25, -0.2) is 8.78 Å². The third kappa shape index (κ3) is 5.23. The summed E-state index contributed by atoms with van der Waals surface area (Å²) in [6, 6.07) is 5.86. The second kappa shape index (κ2) is 8.51. The zero-order valence-corrected chi connectivity index (χ0v) is 13.3. The van der Waals surface area contributed by atoms with Crippen molar-refractivity contribution in [3.63, 3.8) is 0 Å². The second-order valence-corrected chi connectivity index (χ2v) is 4.95. The molecule has 4 aromatic heterocycles. The highest BCUT2D eigenvalue weighted by Gasteiger charge is 2.03. The van der Waals surface area contributed by atoms with Crippen molar-refractivity contribution in [3.8, 4) is 0 Å². The first-order valence-corrected chi connectivity index (χ1v) is 7.40. The summed E-state index contributed by atoms with van der Waals surface area (Å²) >= 11 is 0. The van der Waals surface area contributed by atoms with Gasteiger partial charge < -0.3 is 8.83 Å². The molecule has 0 bridgehead atoms. The third-order valence-corrected chi connectivity index (χ3v) is 3.05. The van der Waals surface area contributed by atoms with Crippen LogP contribution < -0.4 is 0 Å². The lowest BCUT2D eigenvalue weighted by Gasteiger charge is -1.94. The van der Waals surface area contributed by atoms with Gasteiger partial charge in [-0.05, 0) is 24.3 Å². The van der Waals surface area contributed by atoms with Gasteiger partial charge in [0, 0.05) is 11.4 Å². The van der Waals surface area contributed by atoms with Crippen LogP contribution in [-0.2, 0) is 12.8 Å². The summed E-state index contributed by atoms with van der Waals surface area (Å²) in [6.45, 7) is 0. The molecule has 4 aromatic rings. The van der Waals surface area contributed by atoms with E-state index in [1.165, 1.54) is 24.9 Å². The van der Waals surface area contributed by atoms with Crippen LogP contribution in [0.1, 0.15) is 23.2 Å². The first kappa shape index (κ1) is 17.3. The van der Waals surface area contributed by atoms with Crippen LogP contribution in [0.25, 0.3) is 0 Å². The van der Waals surface area contributed by atoms with Gasteiger partial charge in [-0.1, -0.05) is 0 Å². The van der Waals surface area contributed by atoms with Crippen molar-refractivity contribution in [2.24, 2.45) is 0 Å². The molecule has 0 aliphatic rings. The summed E-state index contributed by atoms with van der Waals surface area (Å²) in [4.78, 5) is 7.70. The van der Waals surface area contributed by atoms with E-state index in [0.717, 1.165) is 12.4 Å². The molecule has 132 valence electrons. The molecule has 8 nitrogen and oxygen atoms in total. The predicted molar refractivity (Wildman–Crippen MR) is 82.6 cm³/mol. The normalized spacial score (nSPS) is 10.2. The van der Waals surface area contributed by atoms with E-state index in [4.69, 9.17) is 8.83 Å². The van der Waals surface area contributed by atoms with Crippen molar-refractivity contribution in [2.45, 2.75) is 12.8 Å². The summed E-state index contributed by atoms with van der Waals surface area (Å²) in [5.74, 6) is 0.238. The lowest BCUT2D eigenvalue weighted by atomic mass is 10.3. The van der Waals surface area contributed by atoms with E-state index in [0.29, 0.717) is 36.0 Å². The molecule has 0 aromatic carbocycles. The summed E-state index contributed by atoms with van der Waals surface area (Å²) in [7, 11) is 0. The molecule has 0 radical (unpaired) electrons. The van der Waals surface area contributed by atoms with Crippen LogP contribution >= 0.6 is 0 Å². The molecule has 0 aliphatic heterocycles. The van der Waals surface area contributed by atoms with Crippen molar-refractivity contribution in [1.29, 1.82) is 0 Å². The van der Waals surface area contributed by atoms with Gasteiger partial charge >= 0.3 is 0 Å². The lowest BCUT2D eigenvalue weighted by Crippen LogP contribution is -1.92. The minimum atomic E-state index is -0.353. The monoisotopic (exact) mass is 358 g/mol. The predicted octanol–water partition coefficient (Wildman–Crippen LogP) is 2.39. The summed E-state index contributed by atoms with van der Waals surface area (Å²) in [5, 5.41) is 14.4. The highest BCUT2D eigenvalue weighted by atomic mass is 19.1.